The Labute approximate surface area is 96.8 Å². The summed E-state index contributed by atoms with van der Waals surface area (Å²) in [5.41, 5.74) is 1.86. The first-order chi connectivity index (χ1) is 7.67. The standard InChI is InChI=1S/C13H19NO2/c1-4-5-6-13(15)14-11-7-8-12(16-3)10(2)9-11/h7-9H,4-6H2,1-3H3,(H,14,15). The van der Waals surface area contributed by atoms with Gasteiger partial charge in [0, 0.05) is 12.1 Å². The highest BCUT2D eigenvalue weighted by Crippen LogP contribution is 2.21. The molecule has 3 heteroatoms. The van der Waals surface area contributed by atoms with E-state index in [9.17, 15) is 4.79 Å². The van der Waals surface area contributed by atoms with Crippen LogP contribution >= 0.6 is 0 Å². The van der Waals surface area contributed by atoms with Gasteiger partial charge in [0.2, 0.25) is 5.91 Å². The van der Waals surface area contributed by atoms with Gasteiger partial charge in [0.1, 0.15) is 5.75 Å². The summed E-state index contributed by atoms with van der Waals surface area (Å²) in [5, 5.41) is 2.87. The molecule has 0 bridgehead atoms. The summed E-state index contributed by atoms with van der Waals surface area (Å²) in [6.07, 6.45) is 2.55. The van der Waals surface area contributed by atoms with E-state index in [0.29, 0.717) is 6.42 Å². The van der Waals surface area contributed by atoms with Gasteiger partial charge in [0.15, 0.2) is 0 Å². The van der Waals surface area contributed by atoms with E-state index in [0.717, 1.165) is 29.8 Å². The fourth-order valence-electron chi connectivity index (χ4n) is 1.52. The normalized spacial score (nSPS) is 9.94. The molecule has 88 valence electrons. The number of ether oxygens (including phenoxy) is 1. The lowest BCUT2D eigenvalue weighted by atomic mass is 10.2. The minimum absolute atomic E-state index is 0.0754. The minimum Gasteiger partial charge on any atom is -0.496 e. The quantitative estimate of drug-likeness (QED) is 0.829. The van der Waals surface area contributed by atoms with Crippen molar-refractivity contribution in [3.8, 4) is 5.75 Å². The molecular formula is C13H19NO2. The van der Waals surface area contributed by atoms with Gasteiger partial charge in [-0.2, -0.15) is 0 Å². The Balaban J connectivity index is 2.61. The average Bonchev–Trinajstić information content (AvgIpc) is 2.26. The molecule has 0 fully saturated rings. The number of aryl methyl sites for hydroxylation is 1. The average molecular weight is 221 g/mol. The number of benzene rings is 1. The number of rotatable bonds is 5. The Morgan fingerprint density at radius 3 is 2.75 bits per heavy atom. The first kappa shape index (κ1) is 12.6. The first-order valence-corrected chi connectivity index (χ1v) is 5.62. The van der Waals surface area contributed by atoms with Gasteiger partial charge in [-0.1, -0.05) is 13.3 Å². The SMILES string of the molecule is CCCCC(=O)Nc1ccc(OC)c(C)c1. The van der Waals surface area contributed by atoms with Crippen molar-refractivity contribution in [1.82, 2.24) is 0 Å². The van der Waals surface area contributed by atoms with Crippen LogP contribution < -0.4 is 10.1 Å². The Morgan fingerprint density at radius 2 is 2.19 bits per heavy atom. The summed E-state index contributed by atoms with van der Waals surface area (Å²) in [6.45, 7) is 4.03. The van der Waals surface area contributed by atoms with Gasteiger partial charge in [-0.25, -0.2) is 0 Å². The maximum absolute atomic E-state index is 11.5. The van der Waals surface area contributed by atoms with E-state index in [1.165, 1.54) is 0 Å². The minimum atomic E-state index is 0.0754. The smallest absolute Gasteiger partial charge is 0.224 e. The van der Waals surface area contributed by atoms with Gasteiger partial charge in [0.05, 0.1) is 7.11 Å². The number of hydrogen-bond acceptors (Lipinski definition) is 2. The second-order valence-electron chi connectivity index (χ2n) is 3.84. The van der Waals surface area contributed by atoms with Crippen molar-refractivity contribution in [2.75, 3.05) is 12.4 Å². The molecule has 1 amide bonds. The highest BCUT2D eigenvalue weighted by atomic mass is 16.5. The number of amides is 1. The van der Waals surface area contributed by atoms with E-state index in [-0.39, 0.29) is 5.91 Å². The maximum atomic E-state index is 11.5. The van der Waals surface area contributed by atoms with Crippen LogP contribution in [0.4, 0.5) is 5.69 Å². The van der Waals surface area contributed by atoms with Gasteiger partial charge in [-0.3, -0.25) is 4.79 Å². The van der Waals surface area contributed by atoms with Crippen molar-refractivity contribution in [1.29, 1.82) is 0 Å². The van der Waals surface area contributed by atoms with Gasteiger partial charge in [-0.15, -0.1) is 0 Å². The van der Waals surface area contributed by atoms with Gasteiger partial charge in [0.25, 0.3) is 0 Å². The third-order valence-electron chi connectivity index (χ3n) is 2.44. The maximum Gasteiger partial charge on any atom is 0.224 e. The molecule has 16 heavy (non-hydrogen) atoms. The number of carbonyl (C=O) groups excluding carboxylic acids is 1. The summed E-state index contributed by atoms with van der Waals surface area (Å²) in [6, 6.07) is 5.64. The highest BCUT2D eigenvalue weighted by molar-refractivity contribution is 5.90. The first-order valence-electron chi connectivity index (χ1n) is 5.62. The molecule has 0 aliphatic rings. The summed E-state index contributed by atoms with van der Waals surface area (Å²) in [7, 11) is 1.64. The fourth-order valence-corrected chi connectivity index (χ4v) is 1.52. The Hall–Kier alpha value is -1.51. The van der Waals surface area contributed by atoms with Crippen molar-refractivity contribution in [2.45, 2.75) is 33.1 Å². The van der Waals surface area contributed by atoms with E-state index in [1.807, 2.05) is 25.1 Å². The fraction of sp³-hybridized carbons (Fsp3) is 0.462. The molecule has 1 aromatic carbocycles. The number of hydrogen-bond donors (Lipinski definition) is 1. The second kappa shape index (κ2) is 6.16. The monoisotopic (exact) mass is 221 g/mol. The second-order valence-corrected chi connectivity index (χ2v) is 3.84. The van der Waals surface area contributed by atoms with Crippen LogP contribution in [-0.4, -0.2) is 13.0 Å². The molecule has 0 saturated carbocycles. The highest BCUT2D eigenvalue weighted by Gasteiger charge is 2.03. The summed E-state index contributed by atoms with van der Waals surface area (Å²) in [5.74, 6) is 0.915. The molecule has 0 heterocycles. The Bertz CT molecular complexity index is 361. The molecule has 1 N–H and O–H groups in total. The molecule has 0 atom stereocenters. The largest absolute Gasteiger partial charge is 0.496 e. The summed E-state index contributed by atoms with van der Waals surface area (Å²) in [4.78, 5) is 11.5. The molecule has 0 aromatic heterocycles. The number of anilines is 1. The predicted octanol–water partition coefficient (Wildman–Crippen LogP) is 3.13. The summed E-state index contributed by atoms with van der Waals surface area (Å²) >= 11 is 0. The van der Waals surface area contributed by atoms with Crippen LogP contribution in [0.25, 0.3) is 0 Å². The molecule has 1 aromatic rings. The van der Waals surface area contributed by atoms with Crippen LogP contribution in [-0.2, 0) is 4.79 Å². The molecule has 0 radical (unpaired) electrons. The Morgan fingerprint density at radius 1 is 1.44 bits per heavy atom. The number of methoxy groups -OCH3 is 1. The van der Waals surface area contributed by atoms with Crippen LogP contribution in [0.2, 0.25) is 0 Å². The van der Waals surface area contributed by atoms with Crippen molar-refractivity contribution >= 4 is 11.6 Å². The van der Waals surface area contributed by atoms with E-state index in [4.69, 9.17) is 4.74 Å². The van der Waals surface area contributed by atoms with E-state index < -0.39 is 0 Å². The van der Waals surface area contributed by atoms with Crippen molar-refractivity contribution in [2.24, 2.45) is 0 Å². The Kier molecular flexibility index (Phi) is 4.83. The van der Waals surface area contributed by atoms with Crippen molar-refractivity contribution in [3.05, 3.63) is 23.8 Å². The molecule has 0 aliphatic carbocycles. The number of unbranched alkanes of at least 4 members (excludes halogenated alkanes) is 1. The zero-order valence-electron chi connectivity index (χ0n) is 10.2. The zero-order valence-corrected chi connectivity index (χ0v) is 10.2. The topological polar surface area (TPSA) is 38.3 Å². The molecule has 0 aliphatic heterocycles. The van der Waals surface area contributed by atoms with Crippen LogP contribution in [0, 0.1) is 6.92 Å². The van der Waals surface area contributed by atoms with Crippen molar-refractivity contribution < 1.29 is 9.53 Å². The summed E-state index contributed by atoms with van der Waals surface area (Å²) < 4.78 is 5.16. The van der Waals surface area contributed by atoms with Crippen molar-refractivity contribution in [3.63, 3.8) is 0 Å². The van der Waals surface area contributed by atoms with Crippen LogP contribution in [0.15, 0.2) is 18.2 Å². The number of carbonyl (C=O) groups is 1. The lowest BCUT2D eigenvalue weighted by molar-refractivity contribution is -0.116. The van der Waals surface area contributed by atoms with Crippen LogP contribution in [0.1, 0.15) is 31.7 Å². The zero-order chi connectivity index (χ0) is 12.0. The molecular weight excluding hydrogens is 202 g/mol. The predicted molar refractivity (Wildman–Crippen MR) is 65.9 cm³/mol. The van der Waals surface area contributed by atoms with Crippen LogP contribution in [0.3, 0.4) is 0 Å². The molecule has 0 spiro atoms. The number of nitrogens with one attached hydrogen (secondary N) is 1. The van der Waals surface area contributed by atoms with E-state index >= 15 is 0 Å². The molecule has 3 nitrogen and oxygen atoms in total. The van der Waals surface area contributed by atoms with E-state index in [2.05, 4.69) is 12.2 Å². The lowest BCUT2D eigenvalue weighted by Crippen LogP contribution is -2.11. The lowest BCUT2D eigenvalue weighted by Gasteiger charge is -2.08. The van der Waals surface area contributed by atoms with E-state index in [1.54, 1.807) is 7.11 Å². The third-order valence-corrected chi connectivity index (χ3v) is 2.44. The third kappa shape index (κ3) is 3.57. The van der Waals surface area contributed by atoms with Gasteiger partial charge in [-0.05, 0) is 37.1 Å². The van der Waals surface area contributed by atoms with Gasteiger partial charge >= 0.3 is 0 Å². The van der Waals surface area contributed by atoms with Gasteiger partial charge < -0.3 is 10.1 Å². The molecule has 0 unspecified atom stereocenters. The molecule has 0 saturated heterocycles. The molecule has 1 rings (SSSR count). The van der Waals surface area contributed by atoms with Crippen LogP contribution in [0.5, 0.6) is 5.75 Å².